The highest BCUT2D eigenvalue weighted by molar-refractivity contribution is 5.94. The van der Waals surface area contributed by atoms with Gasteiger partial charge in [0.15, 0.2) is 5.82 Å². The third-order valence-corrected chi connectivity index (χ3v) is 2.48. The molecule has 4 heteroatoms. The topological polar surface area (TPSA) is 29.1 Å². The van der Waals surface area contributed by atoms with Crippen molar-refractivity contribution in [2.75, 3.05) is 5.32 Å². The Bertz CT molecular complexity index is 413. The first-order valence-corrected chi connectivity index (χ1v) is 4.85. The second-order valence-corrected chi connectivity index (χ2v) is 3.82. The SMILES string of the molecule is Cc1ccc(F)c(NC(=O)C2CC2)c1F. The van der Waals surface area contributed by atoms with Crippen molar-refractivity contribution in [3.05, 3.63) is 29.3 Å². The number of carbonyl (C=O) groups excluding carboxylic acids is 1. The van der Waals surface area contributed by atoms with E-state index in [1.807, 2.05) is 0 Å². The number of aryl methyl sites for hydroxylation is 1. The Morgan fingerprint density at radius 2 is 2.07 bits per heavy atom. The van der Waals surface area contributed by atoms with Crippen LogP contribution in [0.25, 0.3) is 0 Å². The van der Waals surface area contributed by atoms with Crippen LogP contribution in [0.1, 0.15) is 18.4 Å². The van der Waals surface area contributed by atoms with E-state index in [2.05, 4.69) is 5.32 Å². The van der Waals surface area contributed by atoms with Crippen molar-refractivity contribution in [2.45, 2.75) is 19.8 Å². The van der Waals surface area contributed by atoms with Crippen molar-refractivity contribution in [3.63, 3.8) is 0 Å². The molecule has 0 atom stereocenters. The Morgan fingerprint density at radius 1 is 1.40 bits per heavy atom. The first-order chi connectivity index (χ1) is 7.09. The van der Waals surface area contributed by atoms with Gasteiger partial charge in [0.25, 0.3) is 0 Å². The van der Waals surface area contributed by atoms with Crippen LogP contribution in [0.4, 0.5) is 14.5 Å². The summed E-state index contributed by atoms with van der Waals surface area (Å²) in [6.45, 7) is 1.53. The van der Waals surface area contributed by atoms with Crippen LogP contribution >= 0.6 is 0 Å². The lowest BCUT2D eigenvalue weighted by Gasteiger charge is -2.08. The molecule has 1 N–H and O–H groups in total. The number of halogens is 2. The molecule has 0 aromatic heterocycles. The van der Waals surface area contributed by atoms with E-state index >= 15 is 0 Å². The van der Waals surface area contributed by atoms with Crippen LogP contribution < -0.4 is 5.32 Å². The number of amides is 1. The average Bonchev–Trinajstić information content (AvgIpc) is 3.02. The molecule has 1 fully saturated rings. The Morgan fingerprint density at radius 3 is 2.67 bits per heavy atom. The molecule has 2 rings (SSSR count). The molecular formula is C11H11F2NO. The molecule has 1 saturated carbocycles. The van der Waals surface area contributed by atoms with Crippen molar-refractivity contribution in [3.8, 4) is 0 Å². The maximum absolute atomic E-state index is 13.5. The fraction of sp³-hybridized carbons (Fsp3) is 0.364. The maximum atomic E-state index is 13.5. The molecule has 2 nitrogen and oxygen atoms in total. The number of rotatable bonds is 2. The fourth-order valence-corrected chi connectivity index (χ4v) is 1.34. The van der Waals surface area contributed by atoms with Gasteiger partial charge in [-0.1, -0.05) is 6.07 Å². The zero-order chi connectivity index (χ0) is 11.0. The summed E-state index contributed by atoms with van der Waals surface area (Å²) >= 11 is 0. The summed E-state index contributed by atoms with van der Waals surface area (Å²) in [7, 11) is 0. The van der Waals surface area contributed by atoms with Crippen molar-refractivity contribution in [1.82, 2.24) is 0 Å². The van der Waals surface area contributed by atoms with E-state index in [-0.39, 0.29) is 17.5 Å². The Hall–Kier alpha value is -1.45. The summed E-state index contributed by atoms with van der Waals surface area (Å²) in [6.07, 6.45) is 1.61. The molecule has 0 heterocycles. The predicted octanol–water partition coefficient (Wildman–Crippen LogP) is 2.62. The summed E-state index contributed by atoms with van der Waals surface area (Å²) in [6, 6.07) is 2.50. The minimum absolute atomic E-state index is 0.0655. The van der Waals surface area contributed by atoms with Crippen LogP contribution in [0.2, 0.25) is 0 Å². The largest absolute Gasteiger partial charge is 0.321 e. The molecule has 15 heavy (non-hydrogen) atoms. The van der Waals surface area contributed by atoms with E-state index in [0.717, 1.165) is 18.9 Å². The van der Waals surface area contributed by atoms with Gasteiger partial charge < -0.3 is 5.32 Å². The van der Waals surface area contributed by atoms with Gasteiger partial charge in [0.05, 0.1) is 0 Å². The normalized spacial score (nSPS) is 15.1. The van der Waals surface area contributed by atoms with E-state index < -0.39 is 11.6 Å². The Kier molecular flexibility index (Phi) is 2.42. The zero-order valence-electron chi connectivity index (χ0n) is 8.31. The van der Waals surface area contributed by atoms with Gasteiger partial charge in [-0.15, -0.1) is 0 Å². The smallest absolute Gasteiger partial charge is 0.227 e. The van der Waals surface area contributed by atoms with Gasteiger partial charge in [0, 0.05) is 5.92 Å². The molecule has 1 amide bonds. The molecule has 0 unspecified atom stereocenters. The monoisotopic (exact) mass is 211 g/mol. The number of hydrogen-bond donors (Lipinski definition) is 1. The molecule has 0 saturated heterocycles. The maximum Gasteiger partial charge on any atom is 0.227 e. The minimum Gasteiger partial charge on any atom is -0.321 e. The van der Waals surface area contributed by atoms with Gasteiger partial charge in [-0.2, -0.15) is 0 Å². The van der Waals surface area contributed by atoms with Crippen LogP contribution in [0.15, 0.2) is 12.1 Å². The summed E-state index contributed by atoms with van der Waals surface area (Å²) in [5, 5.41) is 2.29. The molecule has 1 aliphatic carbocycles. The molecule has 80 valence electrons. The van der Waals surface area contributed by atoms with Gasteiger partial charge in [-0.25, -0.2) is 8.78 Å². The number of nitrogens with one attached hydrogen (secondary N) is 1. The second-order valence-electron chi connectivity index (χ2n) is 3.82. The predicted molar refractivity (Wildman–Crippen MR) is 52.4 cm³/mol. The lowest BCUT2D eigenvalue weighted by Crippen LogP contribution is -2.16. The third kappa shape index (κ3) is 1.98. The van der Waals surface area contributed by atoms with Crippen molar-refractivity contribution in [1.29, 1.82) is 0 Å². The van der Waals surface area contributed by atoms with Gasteiger partial charge in [0.1, 0.15) is 11.5 Å². The van der Waals surface area contributed by atoms with E-state index in [9.17, 15) is 13.6 Å². The number of hydrogen-bond acceptors (Lipinski definition) is 1. The summed E-state index contributed by atoms with van der Waals surface area (Å²) in [4.78, 5) is 11.3. The van der Waals surface area contributed by atoms with Crippen LogP contribution in [0.5, 0.6) is 0 Å². The highest BCUT2D eigenvalue weighted by Crippen LogP contribution is 2.31. The molecular weight excluding hydrogens is 200 g/mol. The first kappa shape index (κ1) is 10.1. The van der Waals surface area contributed by atoms with Crippen molar-refractivity contribution < 1.29 is 13.6 Å². The molecule has 1 aromatic rings. The molecule has 0 bridgehead atoms. The van der Waals surface area contributed by atoms with Gasteiger partial charge >= 0.3 is 0 Å². The summed E-state index contributed by atoms with van der Waals surface area (Å²) < 4.78 is 26.7. The van der Waals surface area contributed by atoms with Gasteiger partial charge in [-0.05, 0) is 31.4 Å². The fourth-order valence-electron chi connectivity index (χ4n) is 1.34. The first-order valence-electron chi connectivity index (χ1n) is 4.85. The quantitative estimate of drug-likeness (QED) is 0.800. The lowest BCUT2D eigenvalue weighted by atomic mass is 10.2. The van der Waals surface area contributed by atoms with Gasteiger partial charge in [-0.3, -0.25) is 4.79 Å². The Labute approximate surface area is 86.3 Å². The second kappa shape index (κ2) is 3.61. The minimum atomic E-state index is -0.730. The molecule has 0 aliphatic heterocycles. The summed E-state index contributed by atoms with van der Waals surface area (Å²) in [5.41, 5.74) is -0.00519. The van der Waals surface area contributed by atoms with Crippen molar-refractivity contribution in [2.24, 2.45) is 5.92 Å². The molecule has 1 aliphatic rings. The highest BCUT2D eigenvalue weighted by atomic mass is 19.1. The average molecular weight is 211 g/mol. The molecule has 0 radical (unpaired) electrons. The standard InChI is InChI=1S/C11H11F2NO/c1-6-2-5-8(12)10(9(6)13)14-11(15)7-3-4-7/h2,5,7H,3-4H2,1H3,(H,14,15). The number of benzene rings is 1. The number of anilines is 1. The van der Waals surface area contributed by atoms with E-state index in [1.165, 1.54) is 13.0 Å². The summed E-state index contributed by atoms with van der Waals surface area (Å²) in [5.74, 6) is -1.78. The molecule has 0 spiro atoms. The van der Waals surface area contributed by atoms with E-state index in [4.69, 9.17) is 0 Å². The van der Waals surface area contributed by atoms with Gasteiger partial charge in [0.2, 0.25) is 5.91 Å². The van der Waals surface area contributed by atoms with Crippen molar-refractivity contribution >= 4 is 11.6 Å². The van der Waals surface area contributed by atoms with Crippen LogP contribution in [-0.2, 0) is 4.79 Å². The third-order valence-electron chi connectivity index (χ3n) is 2.48. The molecule has 1 aromatic carbocycles. The van der Waals surface area contributed by atoms with E-state index in [1.54, 1.807) is 0 Å². The van der Waals surface area contributed by atoms with Crippen LogP contribution in [-0.4, -0.2) is 5.91 Å². The highest BCUT2D eigenvalue weighted by Gasteiger charge is 2.30. The van der Waals surface area contributed by atoms with Crippen LogP contribution in [0.3, 0.4) is 0 Å². The zero-order valence-corrected chi connectivity index (χ0v) is 8.31. The van der Waals surface area contributed by atoms with E-state index in [0.29, 0.717) is 5.56 Å². The number of carbonyl (C=O) groups is 1. The lowest BCUT2D eigenvalue weighted by molar-refractivity contribution is -0.117. The Balaban J connectivity index is 2.26. The van der Waals surface area contributed by atoms with Crippen LogP contribution in [0, 0.1) is 24.5 Å².